The predicted molar refractivity (Wildman–Crippen MR) is 55.9 cm³/mol. The molecular weight excluding hydrogens is 222 g/mol. The highest BCUT2D eigenvalue weighted by molar-refractivity contribution is 9.10. The van der Waals surface area contributed by atoms with Crippen molar-refractivity contribution in [1.29, 1.82) is 0 Å². The van der Waals surface area contributed by atoms with Gasteiger partial charge < -0.3 is 4.72 Å². The second kappa shape index (κ2) is 4.67. The van der Waals surface area contributed by atoms with Crippen LogP contribution >= 0.6 is 27.9 Å². The highest BCUT2D eigenvalue weighted by Crippen LogP contribution is 2.23. The molecule has 0 fully saturated rings. The molecule has 0 unspecified atom stereocenters. The fourth-order valence-electron chi connectivity index (χ4n) is 0.694. The van der Waals surface area contributed by atoms with Gasteiger partial charge in [0.1, 0.15) is 0 Å². The molecule has 0 saturated carbocycles. The Balaban J connectivity index is 2.62. The van der Waals surface area contributed by atoms with Crippen LogP contribution in [0, 0.1) is 0 Å². The monoisotopic (exact) mass is 231 g/mol. The van der Waals surface area contributed by atoms with Gasteiger partial charge in [0.2, 0.25) is 0 Å². The molecule has 0 amide bonds. The van der Waals surface area contributed by atoms with E-state index >= 15 is 0 Å². The third kappa shape index (κ3) is 2.75. The Morgan fingerprint density at radius 3 is 2.82 bits per heavy atom. The molecule has 0 aliphatic carbocycles. The van der Waals surface area contributed by atoms with Crippen molar-refractivity contribution in [2.45, 2.75) is 6.92 Å². The van der Waals surface area contributed by atoms with Gasteiger partial charge in [0.05, 0.1) is 5.69 Å². The summed E-state index contributed by atoms with van der Waals surface area (Å²) in [5.41, 5.74) is 1.14. The molecule has 0 radical (unpaired) electrons. The van der Waals surface area contributed by atoms with Gasteiger partial charge >= 0.3 is 0 Å². The number of benzene rings is 1. The van der Waals surface area contributed by atoms with E-state index in [4.69, 9.17) is 0 Å². The van der Waals surface area contributed by atoms with E-state index in [1.807, 2.05) is 24.3 Å². The van der Waals surface area contributed by atoms with Crippen LogP contribution in [0.5, 0.6) is 0 Å². The Bertz CT molecular complexity index is 227. The Kier molecular flexibility index (Phi) is 3.80. The molecule has 3 heteroatoms. The van der Waals surface area contributed by atoms with Crippen molar-refractivity contribution >= 4 is 33.6 Å². The van der Waals surface area contributed by atoms with Gasteiger partial charge in [-0.05, 0) is 28.1 Å². The fraction of sp³-hybridized carbons (Fsp3) is 0.250. The summed E-state index contributed by atoms with van der Waals surface area (Å²) in [4.78, 5) is 0. The zero-order valence-electron chi connectivity index (χ0n) is 6.30. The molecular formula is C8H10BrNS. The highest BCUT2D eigenvalue weighted by atomic mass is 79.9. The number of rotatable bonds is 3. The molecule has 11 heavy (non-hydrogen) atoms. The summed E-state index contributed by atoms with van der Waals surface area (Å²) in [6.07, 6.45) is 0. The van der Waals surface area contributed by atoms with E-state index in [0.717, 1.165) is 15.9 Å². The summed E-state index contributed by atoms with van der Waals surface area (Å²) < 4.78 is 4.34. The van der Waals surface area contributed by atoms with Gasteiger partial charge in [0.25, 0.3) is 0 Å². The zero-order chi connectivity index (χ0) is 8.10. The van der Waals surface area contributed by atoms with Crippen LogP contribution in [-0.4, -0.2) is 5.75 Å². The molecule has 1 rings (SSSR count). The molecule has 60 valence electrons. The van der Waals surface area contributed by atoms with Crippen LogP contribution in [0.25, 0.3) is 0 Å². The maximum Gasteiger partial charge on any atom is 0.0583 e. The molecule has 1 N–H and O–H groups in total. The minimum Gasteiger partial charge on any atom is -0.329 e. The maximum absolute atomic E-state index is 3.45. The van der Waals surface area contributed by atoms with E-state index < -0.39 is 0 Å². The van der Waals surface area contributed by atoms with Crippen LogP contribution in [0.3, 0.4) is 0 Å². The Morgan fingerprint density at radius 1 is 1.45 bits per heavy atom. The summed E-state index contributed by atoms with van der Waals surface area (Å²) in [6, 6.07) is 8.10. The Labute approximate surface area is 79.8 Å². The molecule has 0 aliphatic rings. The van der Waals surface area contributed by atoms with Crippen LogP contribution in [-0.2, 0) is 0 Å². The van der Waals surface area contributed by atoms with E-state index in [0.29, 0.717) is 0 Å². The van der Waals surface area contributed by atoms with Crippen molar-refractivity contribution in [3.63, 3.8) is 0 Å². The largest absolute Gasteiger partial charge is 0.329 e. The van der Waals surface area contributed by atoms with E-state index in [1.165, 1.54) is 0 Å². The van der Waals surface area contributed by atoms with E-state index in [9.17, 15) is 0 Å². The van der Waals surface area contributed by atoms with Gasteiger partial charge in [-0.15, -0.1) is 0 Å². The molecule has 1 aromatic carbocycles. The summed E-state index contributed by atoms with van der Waals surface area (Å²) >= 11 is 5.15. The van der Waals surface area contributed by atoms with Crippen LogP contribution in [0.15, 0.2) is 28.7 Å². The first kappa shape index (κ1) is 8.94. The lowest BCUT2D eigenvalue weighted by atomic mass is 10.3. The average Bonchev–Trinajstić information content (AvgIpc) is 2.03. The number of halogens is 1. The van der Waals surface area contributed by atoms with Crippen molar-refractivity contribution in [2.75, 3.05) is 10.5 Å². The van der Waals surface area contributed by atoms with Crippen molar-refractivity contribution < 1.29 is 0 Å². The Morgan fingerprint density at radius 2 is 2.18 bits per heavy atom. The van der Waals surface area contributed by atoms with Gasteiger partial charge in [-0.1, -0.05) is 31.0 Å². The molecule has 0 heterocycles. The van der Waals surface area contributed by atoms with Gasteiger partial charge in [0.15, 0.2) is 0 Å². The zero-order valence-corrected chi connectivity index (χ0v) is 8.71. The lowest BCUT2D eigenvalue weighted by Crippen LogP contribution is -1.87. The molecule has 0 bridgehead atoms. The van der Waals surface area contributed by atoms with E-state index in [-0.39, 0.29) is 0 Å². The molecule has 1 nitrogen and oxygen atoms in total. The molecule has 0 saturated heterocycles. The molecule has 0 atom stereocenters. The predicted octanol–water partition coefficient (Wildman–Crippen LogP) is 3.53. The van der Waals surface area contributed by atoms with Crippen LogP contribution in [0.2, 0.25) is 0 Å². The van der Waals surface area contributed by atoms with Gasteiger partial charge in [-0.3, -0.25) is 0 Å². The van der Waals surface area contributed by atoms with Crippen LogP contribution in [0.4, 0.5) is 5.69 Å². The standard InChI is InChI=1S/C8H10BrNS/c1-2-11-10-8-6-4-3-5-7(8)9/h3-6,10H,2H2,1H3. The summed E-state index contributed by atoms with van der Waals surface area (Å²) in [6.45, 7) is 2.12. The van der Waals surface area contributed by atoms with Crippen molar-refractivity contribution in [3.05, 3.63) is 28.7 Å². The smallest absolute Gasteiger partial charge is 0.0583 e. The van der Waals surface area contributed by atoms with Crippen molar-refractivity contribution in [2.24, 2.45) is 0 Å². The quantitative estimate of drug-likeness (QED) is 0.800. The van der Waals surface area contributed by atoms with Gasteiger partial charge in [-0.25, -0.2) is 0 Å². The normalized spacial score (nSPS) is 9.64. The van der Waals surface area contributed by atoms with Crippen molar-refractivity contribution in [3.8, 4) is 0 Å². The van der Waals surface area contributed by atoms with Crippen LogP contribution < -0.4 is 4.72 Å². The number of para-hydroxylation sites is 1. The highest BCUT2D eigenvalue weighted by Gasteiger charge is 1.94. The minimum atomic E-state index is 1.07. The Hall–Kier alpha value is -0.150. The second-order valence-electron chi connectivity index (χ2n) is 2.01. The first-order valence-electron chi connectivity index (χ1n) is 3.47. The number of nitrogens with one attached hydrogen (secondary N) is 1. The number of hydrogen-bond acceptors (Lipinski definition) is 2. The minimum absolute atomic E-state index is 1.07. The first-order chi connectivity index (χ1) is 5.34. The summed E-state index contributed by atoms with van der Waals surface area (Å²) in [5, 5.41) is 0. The maximum atomic E-state index is 3.45. The molecule has 0 aromatic heterocycles. The van der Waals surface area contributed by atoms with Gasteiger partial charge in [0, 0.05) is 10.2 Å². The SMILES string of the molecule is CCSNc1ccccc1Br. The third-order valence-corrected chi connectivity index (χ3v) is 2.54. The van der Waals surface area contributed by atoms with E-state index in [1.54, 1.807) is 11.9 Å². The molecule has 1 aromatic rings. The van der Waals surface area contributed by atoms with Crippen LogP contribution in [0.1, 0.15) is 6.92 Å². The lowest BCUT2D eigenvalue weighted by Gasteiger charge is -2.04. The van der Waals surface area contributed by atoms with Crippen molar-refractivity contribution in [1.82, 2.24) is 0 Å². The topological polar surface area (TPSA) is 12.0 Å². The molecule has 0 spiro atoms. The lowest BCUT2D eigenvalue weighted by molar-refractivity contribution is 1.52. The fourth-order valence-corrected chi connectivity index (χ4v) is 1.69. The number of hydrogen-bond donors (Lipinski definition) is 1. The second-order valence-corrected chi connectivity index (χ2v) is 3.94. The summed E-state index contributed by atoms with van der Waals surface area (Å²) in [5.74, 6) is 1.07. The third-order valence-electron chi connectivity index (χ3n) is 1.20. The summed E-state index contributed by atoms with van der Waals surface area (Å²) in [7, 11) is 0. The van der Waals surface area contributed by atoms with E-state index in [2.05, 4.69) is 27.6 Å². The molecule has 0 aliphatic heterocycles. The first-order valence-corrected chi connectivity index (χ1v) is 5.24. The average molecular weight is 232 g/mol. The number of anilines is 1. The van der Waals surface area contributed by atoms with Gasteiger partial charge in [-0.2, -0.15) is 0 Å².